The van der Waals surface area contributed by atoms with E-state index in [0.717, 1.165) is 0 Å². The Morgan fingerprint density at radius 3 is 1.16 bits per heavy atom. The lowest BCUT2D eigenvalue weighted by molar-refractivity contribution is -0.146. The first-order chi connectivity index (χ1) is 8.33. The summed E-state index contributed by atoms with van der Waals surface area (Å²) in [5.74, 6) is -1.20. The molecule has 0 aliphatic heterocycles. The van der Waals surface area contributed by atoms with Crippen molar-refractivity contribution >= 4 is 40.9 Å². The number of ether oxygens (including phenoxy) is 2. The van der Waals surface area contributed by atoms with Crippen LogP contribution in [-0.4, -0.2) is 54.1 Å². The van der Waals surface area contributed by atoms with Gasteiger partial charge < -0.3 is 9.47 Å². The zero-order valence-corrected chi connectivity index (χ0v) is 13.0. The van der Waals surface area contributed by atoms with Gasteiger partial charge in [-0.3, -0.25) is 19.2 Å². The minimum absolute atomic E-state index is 0. The minimum atomic E-state index is -0.440. The van der Waals surface area contributed by atoms with Crippen molar-refractivity contribution < 1.29 is 28.7 Å². The first-order valence-corrected chi connectivity index (χ1v) is 5.63. The minimum Gasteiger partial charge on any atom is -0.466 e. The topological polar surface area (TPSA) is 86.7 Å². The van der Waals surface area contributed by atoms with Gasteiger partial charge in [-0.25, -0.2) is 0 Å². The van der Waals surface area contributed by atoms with Gasteiger partial charge in [0.05, 0.1) is 13.2 Å². The van der Waals surface area contributed by atoms with E-state index in [1.54, 1.807) is 13.8 Å². The molecule has 107 valence electrons. The van der Waals surface area contributed by atoms with Gasteiger partial charge in [0, 0.05) is 17.4 Å². The highest BCUT2D eigenvalue weighted by atomic mass is 27.0. The van der Waals surface area contributed by atoms with Crippen LogP contribution in [0.1, 0.15) is 40.5 Å². The number of carbonyl (C=O) groups is 4. The van der Waals surface area contributed by atoms with E-state index in [9.17, 15) is 19.2 Å². The van der Waals surface area contributed by atoms with Crippen molar-refractivity contribution in [3.8, 4) is 0 Å². The molecule has 0 saturated heterocycles. The zero-order valence-electron chi connectivity index (χ0n) is 11.9. The Morgan fingerprint density at radius 2 is 1.00 bits per heavy atom. The molecule has 6 nitrogen and oxygen atoms in total. The molecule has 0 aliphatic carbocycles. The second-order valence-corrected chi connectivity index (χ2v) is 3.37. The summed E-state index contributed by atoms with van der Waals surface area (Å²) in [6.45, 7) is 6.81. The third-order valence-electron chi connectivity index (χ3n) is 1.40. The van der Waals surface area contributed by atoms with Gasteiger partial charge in [0.1, 0.15) is 24.4 Å². The number of carbonyl (C=O) groups excluding carboxylic acids is 4. The maximum atomic E-state index is 10.4. The summed E-state index contributed by atoms with van der Waals surface area (Å²) in [6.07, 6.45) is -0.207. The Hall–Kier alpha value is -1.19. The van der Waals surface area contributed by atoms with E-state index in [1.165, 1.54) is 13.8 Å². The number of hydrogen-bond acceptors (Lipinski definition) is 6. The van der Waals surface area contributed by atoms with E-state index in [2.05, 4.69) is 9.47 Å². The molecule has 0 aromatic carbocycles. The lowest BCUT2D eigenvalue weighted by Gasteiger charge is -1.96. The third kappa shape index (κ3) is 22.5. The lowest BCUT2D eigenvalue weighted by Crippen LogP contribution is -2.07. The molecule has 0 aromatic rings. The van der Waals surface area contributed by atoms with Crippen LogP contribution in [0.15, 0.2) is 0 Å². The molecule has 0 saturated carbocycles. The Balaban J connectivity index is -0.000000256. The highest BCUT2D eigenvalue weighted by Gasteiger charge is 2.03. The van der Waals surface area contributed by atoms with E-state index < -0.39 is 11.9 Å². The summed E-state index contributed by atoms with van der Waals surface area (Å²) in [7, 11) is 0. The molecule has 0 spiro atoms. The smallest absolute Gasteiger partial charge is 0.313 e. The Bertz CT molecular complexity index is 271. The summed E-state index contributed by atoms with van der Waals surface area (Å²) >= 11 is 0. The lowest BCUT2D eigenvalue weighted by atomic mass is 10.3. The Labute approximate surface area is 124 Å². The van der Waals surface area contributed by atoms with Crippen LogP contribution in [0.4, 0.5) is 0 Å². The van der Waals surface area contributed by atoms with Crippen LogP contribution in [-0.2, 0) is 28.7 Å². The maximum Gasteiger partial charge on any atom is 0.313 e. The summed E-state index contributed by atoms with van der Waals surface area (Å²) in [4.78, 5) is 41.3. The van der Waals surface area contributed by atoms with Crippen molar-refractivity contribution in [2.45, 2.75) is 40.5 Å². The SMILES string of the molecule is CCOC(=O)CC(C)=O.CCOC(=O)CC(C)=O.[Al]. The molecular formula is C12H20AlO6. The molecule has 0 unspecified atom stereocenters. The molecule has 0 heterocycles. The van der Waals surface area contributed by atoms with Crippen LogP contribution >= 0.6 is 0 Å². The average Bonchev–Trinajstić information content (AvgIpc) is 2.16. The van der Waals surface area contributed by atoms with Crippen LogP contribution < -0.4 is 0 Å². The number of esters is 2. The monoisotopic (exact) mass is 287 g/mol. The third-order valence-corrected chi connectivity index (χ3v) is 1.40. The number of rotatable bonds is 6. The van der Waals surface area contributed by atoms with Gasteiger partial charge >= 0.3 is 11.9 Å². The Kier molecular flexibility index (Phi) is 18.0. The molecule has 19 heavy (non-hydrogen) atoms. The van der Waals surface area contributed by atoms with Gasteiger partial charge in [0.25, 0.3) is 0 Å². The standard InChI is InChI=1S/2C6H10O3.Al/c2*1-3-9-6(8)4-5(2)7;/h2*3-4H2,1-2H3;. The van der Waals surface area contributed by atoms with E-state index >= 15 is 0 Å². The average molecular weight is 287 g/mol. The normalized spacial score (nSPS) is 8.21. The molecule has 0 amide bonds. The predicted octanol–water partition coefficient (Wildman–Crippen LogP) is 0.676. The van der Waals surface area contributed by atoms with Gasteiger partial charge in [-0.2, -0.15) is 0 Å². The highest BCUT2D eigenvalue weighted by Crippen LogP contribution is 1.86. The first kappa shape index (κ1) is 22.9. The van der Waals surface area contributed by atoms with Crippen molar-refractivity contribution in [1.82, 2.24) is 0 Å². The van der Waals surface area contributed by atoms with Crippen LogP contribution in [0, 0.1) is 0 Å². The van der Waals surface area contributed by atoms with Gasteiger partial charge in [-0.05, 0) is 27.7 Å². The van der Waals surface area contributed by atoms with Gasteiger partial charge in [-0.1, -0.05) is 0 Å². The van der Waals surface area contributed by atoms with Crippen LogP contribution in [0.25, 0.3) is 0 Å². The van der Waals surface area contributed by atoms with E-state index in [4.69, 9.17) is 0 Å². The van der Waals surface area contributed by atoms with Crippen LogP contribution in [0.2, 0.25) is 0 Å². The highest BCUT2D eigenvalue weighted by molar-refractivity contribution is 5.94. The predicted molar refractivity (Wildman–Crippen MR) is 69.6 cm³/mol. The van der Waals surface area contributed by atoms with E-state index in [1.807, 2.05) is 0 Å². The fourth-order valence-electron chi connectivity index (χ4n) is 0.831. The largest absolute Gasteiger partial charge is 0.466 e. The molecule has 0 aliphatic rings. The summed E-state index contributed by atoms with van der Waals surface area (Å²) < 4.78 is 8.99. The first-order valence-electron chi connectivity index (χ1n) is 5.63. The molecule has 7 heteroatoms. The number of ketones is 2. The van der Waals surface area contributed by atoms with Crippen molar-refractivity contribution in [2.75, 3.05) is 13.2 Å². The summed E-state index contributed by atoms with van der Waals surface area (Å²) in [6, 6.07) is 0. The van der Waals surface area contributed by atoms with Gasteiger partial charge in [0.2, 0.25) is 0 Å². The molecule has 0 atom stereocenters. The summed E-state index contributed by atoms with van der Waals surface area (Å²) in [5.41, 5.74) is 0. The Morgan fingerprint density at radius 1 is 0.737 bits per heavy atom. The number of hydrogen-bond donors (Lipinski definition) is 0. The van der Waals surface area contributed by atoms with E-state index in [-0.39, 0.29) is 41.8 Å². The number of Topliss-reactive ketones (excluding diaryl/α,β-unsaturated/α-hetero) is 2. The molecule has 3 radical (unpaired) electrons. The molecule has 0 fully saturated rings. The fraction of sp³-hybridized carbons (Fsp3) is 0.667. The van der Waals surface area contributed by atoms with Crippen LogP contribution in [0.5, 0.6) is 0 Å². The zero-order chi connectivity index (χ0) is 14.6. The van der Waals surface area contributed by atoms with Gasteiger partial charge in [-0.15, -0.1) is 0 Å². The second-order valence-electron chi connectivity index (χ2n) is 3.37. The fourth-order valence-corrected chi connectivity index (χ4v) is 0.831. The van der Waals surface area contributed by atoms with Crippen LogP contribution in [0.3, 0.4) is 0 Å². The maximum absolute atomic E-state index is 10.4. The summed E-state index contributed by atoms with van der Waals surface area (Å²) in [5, 5.41) is 0. The molecule has 0 bridgehead atoms. The van der Waals surface area contributed by atoms with Crippen molar-refractivity contribution in [2.24, 2.45) is 0 Å². The van der Waals surface area contributed by atoms with E-state index in [0.29, 0.717) is 13.2 Å². The molecular weight excluding hydrogens is 267 g/mol. The molecule has 0 rings (SSSR count). The molecule has 0 N–H and O–H groups in total. The van der Waals surface area contributed by atoms with Gasteiger partial charge in [0.15, 0.2) is 0 Å². The van der Waals surface area contributed by atoms with Crippen molar-refractivity contribution in [3.63, 3.8) is 0 Å². The van der Waals surface area contributed by atoms with Crippen molar-refractivity contribution in [3.05, 3.63) is 0 Å². The molecule has 0 aromatic heterocycles. The van der Waals surface area contributed by atoms with Crippen molar-refractivity contribution in [1.29, 1.82) is 0 Å². The quantitative estimate of drug-likeness (QED) is 0.405. The second kappa shape index (κ2) is 14.9.